The summed E-state index contributed by atoms with van der Waals surface area (Å²) < 4.78 is 19.9. The highest BCUT2D eigenvalue weighted by atomic mass is 19.1. The second-order valence-electron chi connectivity index (χ2n) is 9.04. The van der Waals surface area contributed by atoms with Crippen LogP contribution in [0.25, 0.3) is 22.5 Å². The number of anilines is 2. The largest absolute Gasteiger partial charge is 0.496 e. The predicted octanol–water partition coefficient (Wildman–Crippen LogP) is 3.25. The first-order valence-electron chi connectivity index (χ1n) is 12.6. The number of pyridine rings is 1. The zero-order valence-corrected chi connectivity index (χ0v) is 21.6. The summed E-state index contributed by atoms with van der Waals surface area (Å²) in [5.74, 6) is -0.837. The Hall–Kier alpha value is -4.92. The number of piperazine rings is 1. The van der Waals surface area contributed by atoms with Crippen LogP contribution in [0, 0.1) is 17.1 Å². The van der Waals surface area contributed by atoms with Crippen molar-refractivity contribution in [3.63, 3.8) is 0 Å². The first kappa shape index (κ1) is 26.7. The molecule has 40 heavy (non-hydrogen) atoms. The molecule has 1 amide bonds. The molecule has 3 N–H and O–H groups in total. The number of aliphatic hydroxyl groups is 1. The molecular formula is C29H26FN7O3. The third kappa shape index (κ3) is 5.31. The van der Waals surface area contributed by atoms with E-state index in [4.69, 9.17) is 4.74 Å². The fraction of sp³-hybridized carbons (Fsp3) is 0.207. The van der Waals surface area contributed by atoms with Gasteiger partial charge < -0.3 is 25.4 Å². The predicted molar refractivity (Wildman–Crippen MR) is 147 cm³/mol. The molecule has 2 aromatic heterocycles. The van der Waals surface area contributed by atoms with Crippen molar-refractivity contribution in [1.82, 2.24) is 20.3 Å². The Morgan fingerprint density at radius 2 is 2.15 bits per heavy atom. The van der Waals surface area contributed by atoms with Gasteiger partial charge in [0.25, 0.3) is 5.91 Å². The minimum Gasteiger partial charge on any atom is -0.496 e. The van der Waals surface area contributed by atoms with E-state index in [0.717, 1.165) is 5.56 Å². The average molecular weight is 540 g/mol. The molecule has 0 radical (unpaired) electrons. The maximum absolute atomic E-state index is 14.6. The minimum absolute atomic E-state index is 0.0150. The quantitative estimate of drug-likeness (QED) is 0.323. The van der Waals surface area contributed by atoms with Crippen molar-refractivity contribution in [1.29, 1.82) is 5.26 Å². The van der Waals surface area contributed by atoms with Gasteiger partial charge in [-0.15, -0.1) is 0 Å². The molecule has 1 saturated heterocycles. The van der Waals surface area contributed by atoms with E-state index in [1.165, 1.54) is 31.5 Å². The van der Waals surface area contributed by atoms with Crippen molar-refractivity contribution >= 4 is 17.3 Å². The topological polar surface area (TPSA) is 136 Å². The number of carbonyl (C=O) groups is 1. The number of nitriles is 1. The van der Waals surface area contributed by atoms with Crippen LogP contribution in [-0.4, -0.2) is 65.4 Å². The Morgan fingerprint density at radius 1 is 1.27 bits per heavy atom. The normalized spacial score (nSPS) is 14.8. The second kappa shape index (κ2) is 11.9. The number of aliphatic hydroxyl groups excluding tert-OH is 1. The summed E-state index contributed by atoms with van der Waals surface area (Å²) in [4.78, 5) is 28.1. The Morgan fingerprint density at radius 3 is 2.95 bits per heavy atom. The van der Waals surface area contributed by atoms with Gasteiger partial charge >= 0.3 is 0 Å². The number of ether oxygens (including phenoxy) is 1. The van der Waals surface area contributed by atoms with Crippen LogP contribution in [0.2, 0.25) is 0 Å². The number of halogens is 1. The number of hydrogen-bond acceptors (Lipinski definition) is 9. The number of carbonyl (C=O) groups excluding carboxylic acids is 1. The molecule has 1 fully saturated rings. The number of nitrogens with one attached hydrogen (secondary N) is 2. The van der Waals surface area contributed by atoms with Gasteiger partial charge in [0.1, 0.15) is 17.3 Å². The molecule has 1 atom stereocenters. The highest BCUT2D eigenvalue weighted by molar-refractivity contribution is 6.05. The summed E-state index contributed by atoms with van der Waals surface area (Å²) in [6.45, 7) is 1.73. The Bertz CT molecular complexity index is 1590. The third-order valence-electron chi connectivity index (χ3n) is 6.68. The van der Waals surface area contributed by atoms with Crippen molar-refractivity contribution in [3.05, 3.63) is 84.2 Å². The molecule has 0 saturated carbocycles. The van der Waals surface area contributed by atoms with Gasteiger partial charge in [-0.2, -0.15) is 5.26 Å². The zero-order valence-electron chi connectivity index (χ0n) is 21.6. The highest BCUT2D eigenvalue weighted by Gasteiger charge is 2.26. The molecule has 2 aromatic carbocycles. The molecule has 1 aliphatic heterocycles. The highest BCUT2D eigenvalue weighted by Crippen LogP contribution is 2.35. The molecule has 0 spiro atoms. The lowest BCUT2D eigenvalue weighted by atomic mass is 10.0. The Balaban J connectivity index is 1.53. The van der Waals surface area contributed by atoms with E-state index in [2.05, 4.69) is 31.7 Å². The lowest BCUT2D eigenvalue weighted by Crippen LogP contribution is -2.53. The average Bonchev–Trinajstić information content (AvgIpc) is 3.01. The van der Waals surface area contributed by atoms with E-state index < -0.39 is 11.7 Å². The van der Waals surface area contributed by atoms with Gasteiger partial charge in [0.2, 0.25) is 0 Å². The van der Waals surface area contributed by atoms with Gasteiger partial charge in [0.15, 0.2) is 5.82 Å². The molecule has 5 rings (SSSR count). The van der Waals surface area contributed by atoms with Gasteiger partial charge in [0, 0.05) is 43.8 Å². The molecule has 4 aromatic rings. The van der Waals surface area contributed by atoms with E-state index in [1.807, 2.05) is 11.0 Å². The first-order valence-corrected chi connectivity index (χ1v) is 12.6. The molecule has 10 nitrogen and oxygen atoms in total. The minimum atomic E-state index is -0.573. The first-order chi connectivity index (χ1) is 19.5. The lowest BCUT2D eigenvalue weighted by molar-refractivity contribution is 0.102. The fourth-order valence-electron chi connectivity index (χ4n) is 4.69. The number of aromatic nitrogens is 3. The maximum atomic E-state index is 14.6. The van der Waals surface area contributed by atoms with E-state index in [-0.39, 0.29) is 35.5 Å². The lowest BCUT2D eigenvalue weighted by Gasteiger charge is -2.38. The van der Waals surface area contributed by atoms with Crippen LogP contribution >= 0.6 is 0 Å². The number of amides is 1. The number of benzene rings is 2. The number of methoxy groups -OCH3 is 1. The van der Waals surface area contributed by atoms with Crippen LogP contribution in [-0.2, 0) is 0 Å². The summed E-state index contributed by atoms with van der Waals surface area (Å²) in [5, 5.41) is 25.9. The molecule has 202 valence electrons. The molecule has 3 heterocycles. The summed E-state index contributed by atoms with van der Waals surface area (Å²) in [6.07, 6.45) is 4.57. The van der Waals surface area contributed by atoms with Crippen molar-refractivity contribution in [2.24, 2.45) is 0 Å². The summed E-state index contributed by atoms with van der Waals surface area (Å²) >= 11 is 0. The van der Waals surface area contributed by atoms with Crippen LogP contribution in [0.15, 0.2) is 67.1 Å². The van der Waals surface area contributed by atoms with E-state index in [1.54, 1.807) is 36.7 Å². The van der Waals surface area contributed by atoms with Crippen LogP contribution in [0.4, 0.5) is 15.8 Å². The van der Waals surface area contributed by atoms with Gasteiger partial charge in [-0.3, -0.25) is 9.78 Å². The number of rotatable bonds is 7. The van der Waals surface area contributed by atoms with Crippen molar-refractivity contribution < 1.29 is 19.0 Å². The smallest absolute Gasteiger partial charge is 0.274 e. The third-order valence-corrected chi connectivity index (χ3v) is 6.68. The second-order valence-corrected chi connectivity index (χ2v) is 9.04. The SMILES string of the molecule is COc1cccc(F)c1-c1nccc(C(=O)Nc2ccc(-c3cnccc3C#N)cc2N2CCNCC2CO)n1. The van der Waals surface area contributed by atoms with E-state index in [9.17, 15) is 19.6 Å². The zero-order chi connectivity index (χ0) is 28.1. The molecular weight excluding hydrogens is 513 g/mol. The van der Waals surface area contributed by atoms with Crippen LogP contribution < -0.4 is 20.3 Å². The van der Waals surface area contributed by atoms with Gasteiger partial charge in [-0.1, -0.05) is 12.1 Å². The molecule has 0 aliphatic carbocycles. The summed E-state index contributed by atoms with van der Waals surface area (Å²) in [7, 11) is 1.42. The molecule has 11 heteroatoms. The van der Waals surface area contributed by atoms with Crippen molar-refractivity contribution in [2.45, 2.75) is 6.04 Å². The van der Waals surface area contributed by atoms with Crippen LogP contribution in [0.5, 0.6) is 5.75 Å². The van der Waals surface area contributed by atoms with Crippen molar-refractivity contribution in [2.75, 3.05) is 43.6 Å². The van der Waals surface area contributed by atoms with E-state index >= 15 is 0 Å². The monoisotopic (exact) mass is 539 g/mol. The fourth-order valence-corrected chi connectivity index (χ4v) is 4.69. The van der Waals surface area contributed by atoms with Crippen LogP contribution in [0.1, 0.15) is 16.1 Å². The summed E-state index contributed by atoms with van der Waals surface area (Å²) in [6, 6.07) is 14.8. The molecule has 0 bridgehead atoms. The number of hydrogen-bond donors (Lipinski definition) is 3. The van der Waals surface area contributed by atoms with Gasteiger partial charge in [0.05, 0.1) is 48.3 Å². The number of nitrogens with zero attached hydrogens (tertiary/aromatic N) is 5. The van der Waals surface area contributed by atoms with Crippen LogP contribution in [0.3, 0.4) is 0 Å². The van der Waals surface area contributed by atoms with E-state index in [0.29, 0.717) is 42.1 Å². The molecule has 1 aliphatic rings. The molecule has 1 unspecified atom stereocenters. The summed E-state index contributed by atoms with van der Waals surface area (Å²) in [5.41, 5.74) is 3.10. The standard InChI is InChI=1S/C29H26FN7O3/c1-40-26-4-2-3-22(30)27(26)28-34-10-8-24(35-28)29(39)36-23-6-5-18(21-16-32-9-7-19(21)14-31)13-25(23)37-12-11-33-15-20(37)17-38/h2-10,13,16,20,33,38H,11-12,15,17H2,1H3,(H,36,39). The van der Waals surface area contributed by atoms with Gasteiger partial charge in [-0.25, -0.2) is 14.4 Å². The maximum Gasteiger partial charge on any atom is 0.274 e. The van der Waals surface area contributed by atoms with Crippen molar-refractivity contribution in [3.8, 4) is 34.3 Å². The Kier molecular flexibility index (Phi) is 7.91. The van der Waals surface area contributed by atoms with Gasteiger partial charge in [-0.05, 0) is 42.0 Å². The Labute approximate surface area is 230 Å².